The Labute approximate surface area is 172 Å². The van der Waals surface area contributed by atoms with Crippen molar-refractivity contribution in [2.45, 2.75) is 12.8 Å². The number of alkyl halides is 3. The number of carboxylic acid groups (broad SMARTS) is 1. The van der Waals surface area contributed by atoms with E-state index in [0.29, 0.717) is 16.9 Å². The Kier molecular flexibility index (Phi) is 5.03. The number of aliphatic hydroxyl groups excluding tert-OH is 1. The van der Waals surface area contributed by atoms with Gasteiger partial charge >= 0.3 is 12.1 Å². The number of hydrogen-bond donors (Lipinski definition) is 2. The first-order valence-electron chi connectivity index (χ1n) is 8.90. The van der Waals surface area contributed by atoms with Gasteiger partial charge in [0.25, 0.3) is 0 Å². The van der Waals surface area contributed by atoms with Crippen LogP contribution in [0.1, 0.15) is 21.6 Å². The Bertz CT molecular complexity index is 1250. The molecule has 0 aliphatic heterocycles. The second kappa shape index (κ2) is 7.69. The number of aromatic carboxylic acids is 1. The van der Waals surface area contributed by atoms with Gasteiger partial charge in [0.2, 0.25) is 0 Å². The number of aromatic nitrogens is 5. The van der Waals surface area contributed by atoms with Gasteiger partial charge in [0.05, 0.1) is 35.9 Å². The summed E-state index contributed by atoms with van der Waals surface area (Å²) >= 11 is 0. The summed E-state index contributed by atoms with van der Waals surface area (Å²) in [5, 5.41) is 30.1. The lowest BCUT2D eigenvalue weighted by atomic mass is 10.1. The van der Waals surface area contributed by atoms with Crippen LogP contribution in [0.25, 0.3) is 22.6 Å². The lowest BCUT2D eigenvalue weighted by Gasteiger charge is -2.12. The maximum atomic E-state index is 13.4. The Morgan fingerprint density at radius 3 is 2.42 bits per heavy atom. The number of aliphatic hydroxyl groups is 1. The molecule has 0 saturated carbocycles. The third-order valence-corrected chi connectivity index (χ3v) is 4.54. The van der Waals surface area contributed by atoms with E-state index in [2.05, 4.69) is 15.4 Å². The van der Waals surface area contributed by atoms with Crippen molar-refractivity contribution in [2.75, 3.05) is 0 Å². The van der Waals surface area contributed by atoms with Crippen LogP contribution in [0.5, 0.6) is 0 Å². The summed E-state index contributed by atoms with van der Waals surface area (Å²) in [5.74, 6) is -1.06. The van der Waals surface area contributed by atoms with Crippen LogP contribution < -0.4 is 0 Å². The molecule has 0 atom stereocenters. The highest BCUT2D eigenvalue weighted by atomic mass is 19.4. The Morgan fingerprint density at radius 2 is 1.77 bits per heavy atom. The molecule has 2 heterocycles. The summed E-state index contributed by atoms with van der Waals surface area (Å²) < 4.78 is 42.2. The molecule has 0 radical (unpaired) electrons. The summed E-state index contributed by atoms with van der Waals surface area (Å²) in [4.78, 5) is 11.1. The summed E-state index contributed by atoms with van der Waals surface area (Å²) in [7, 11) is 0. The van der Waals surface area contributed by atoms with Gasteiger partial charge in [-0.25, -0.2) is 14.2 Å². The van der Waals surface area contributed by atoms with Gasteiger partial charge in [0, 0.05) is 11.1 Å². The fraction of sp³-hybridized carbons (Fsp3) is 0.100. The van der Waals surface area contributed by atoms with Crippen molar-refractivity contribution >= 4 is 5.97 Å². The first-order chi connectivity index (χ1) is 14.8. The highest BCUT2D eigenvalue weighted by Gasteiger charge is 2.38. The fourth-order valence-corrected chi connectivity index (χ4v) is 3.08. The van der Waals surface area contributed by atoms with Crippen LogP contribution in [0.15, 0.2) is 60.9 Å². The van der Waals surface area contributed by atoms with Crippen molar-refractivity contribution in [3.63, 3.8) is 0 Å². The lowest BCUT2D eigenvalue weighted by Crippen LogP contribution is -2.15. The van der Waals surface area contributed by atoms with Gasteiger partial charge in [-0.15, -0.1) is 5.10 Å². The van der Waals surface area contributed by atoms with E-state index in [4.69, 9.17) is 5.11 Å². The van der Waals surface area contributed by atoms with E-state index in [1.54, 1.807) is 30.5 Å². The maximum Gasteiger partial charge on any atom is 0.433 e. The van der Waals surface area contributed by atoms with Crippen LogP contribution in [0.4, 0.5) is 13.2 Å². The minimum absolute atomic E-state index is 0.110. The molecule has 158 valence electrons. The quantitative estimate of drug-likeness (QED) is 0.504. The zero-order valence-electron chi connectivity index (χ0n) is 15.7. The van der Waals surface area contributed by atoms with Gasteiger partial charge in [-0.1, -0.05) is 17.3 Å². The van der Waals surface area contributed by atoms with Gasteiger partial charge in [0.15, 0.2) is 5.69 Å². The Morgan fingerprint density at radius 1 is 1.06 bits per heavy atom. The molecule has 0 aliphatic carbocycles. The van der Waals surface area contributed by atoms with E-state index in [1.807, 2.05) is 0 Å². The van der Waals surface area contributed by atoms with Crippen molar-refractivity contribution < 1.29 is 28.2 Å². The molecule has 0 fully saturated rings. The summed E-state index contributed by atoms with van der Waals surface area (Å²) in [6.45, 7) is -0.780. The van der Waals surface area contributed by atoms with E-state index < -0.39 is 24.4 Å². The van der Waals surface area contributed by atoms with Gasteiger partial charge in [-0.05, 0) is 36.4 Å². The minimum Gasteiger partial charge on any atom is -0.478 e. The van der Waals surface area contributed by atoms with E-state index in [9.17, 15) is 23.1 Å². The average molecular weight is 429 g/mol. The van der Waals surface area contributed by atoms with Crippen molar-refractivity contribution in [3.8, 4) is 22.6 Å². The van der Waals surface area contributed by atoms with Gasteiger partial charge in [-0.2, -0.15) is 18.3 Å². The smallest absolute Gasteiger partial charge is 0.433 e. The first kappa shape index (κ1) is 20.3. The molecule has 0 aliphatic rings. The molecule has 11 heteroatoms. The number of hydrogen-bond acceptors (Lipinski definition) is 5. The van der Waals surface area contributed by atoms with Crippen LogP contribution in [-0.2, 0) is 12.8 Å². The molecule has 0 unspecified atom stereocenters. The van der Waals surface area contributed by atoms with Crippen LogP contribution in [0, 0.1) is 0 Å². The van der Waals surface area contributed by atoms with Crippen LogP contribution in [0.3, 0.4) is 0 Å². The summed E-state index contributed by atoms with van der Waals surface area (Å²) in [5.41, 5.74) is 0.436. The average Bonchev–Trinajstić information content (AvgIpc) is 3.41. The number of rotatable bonds is 5. The molecule has 4 rings (SSSR count). The molecular formula is C20H14F3N5O3. The third kappa shape index (κ3) is 3.90. The van der Waals surface area contributed by atoms with Crippen molar-refractivity contribution in [3.05, 3.63) is 77.7 Å². The monoisotopic (exact) mass is 429 g/mol. The summed E-state index contributed by atoms with van der Waals surface area (Å²) in [6.07, 6.45) is -2.13. The van der Waals surface area contributed by atoms with Gasteiger partial charge < -0.3 is 10.2 Å². The van der Waals surface area contributed by atoms with E-state index in [-0.39, 0.29) is 16.8 Å². The molecule has 0 spiro atoms. The zero-order chi connectivity index (χ0) is 22.2. The van der Waals surface area contributed by atoms with Gasteiger partial charge in [0.1, 0.15) is 5.69 Å². The number of nitrogens with zero attached hydrogens (tertiary/aromatic N) is 5. The SMILES string of the molecule is O=C(O)c1cccc(-c2cn(-c3ccc(-n4ncc(CO)c4C(F)(F)F)cc3)nn2)c1. The molecule has 2 aromatic heterocycles. The maximum absolute atomic E-state index is 13.4. The molecule has 0 bridgehead atoms. The molecule has 0 amide bonds. The van der Waals surface area contributed by atoms with Crippen LogP contribution in [-0.4, -0.2) is 41.0 Å². The second-order valence-corrected chi connectivity index (χ2v) is 6.54. The molecule has 2 aromatic carbocycles. The number of carboxylic acids is 1. The molecule has 4 aromatic rings. The van der Waals surface area contributed by atoms with Gasteiger partial charge in [-0.3, -0.25) is 0 Å². The molecular weight excluding hydrogens is 415 g/mol. The highest BCUT2D eigenvalue weighted by molar-refractivity contribution is 5.89. The predicted octanol–water partition coefficient (Wildman–Crippen LogP) is 3.33. The van der Waals surface area contributed by atoms with Crippen LogP contribution in [0.2, 0.25) is 0 Å². The largest absolute Gasteiger partial charge is 0.478 e. The van der Waals surface area contributed by atoms with Crippen molar-refractivity contribution in [1.82, 2.24) is 24.8 Å². The Hall–Kier alpha value is -3.99. The number of halogens is 3. The normalized spacial score (nSPS) is 11.6. The van der Waals surface area contributed by atoms with E-state index in [1.165, 1.54) is 28.9 Å². The zero-order valence-corrected chi connectivity index (χ0v) is 15.7. The van der Waals surface area contributed by atoms with Crippen molar-refractivity contribution in [1.29, 1.82) is 0 Å². The third-order valence-electron chi connectivity index (χ3n) is 4.54. The molecule has 2 N–H and O–H groups in total. The topological polar surface area (TPSA) is 106 Å². The van der Waals surface area contributed by atoms with Crippen LogP contribution >= 0.6 is 0 Å². The number of carbonyl (C=O) groups is 1. The summed E-state index contributed by atoms with van der Waals surface area (Å²) in [6, 6.07) is 12.2. The number of benzene rings is 2. The standard InChI is InChI=1S/C20H14F3N5O3/c21-20(22,23)18-14(11-29)9-24-28(18)16-6-4-15(5-7-16)27-10-17(25-26-27)12-2-1-3-13(8-12)19(30)31/h1-10,29H,11H2,(H,30,31). The fourth-order valence-electron chi connectivity index (χ4n) is 3.08. The molecule has 0 saturated heterocycles. The molecule has 8 nitrogen and oxygen atoms in total. The first-order valence-corrected chi connectivity index (χ1v) is 8.90. The Balaban J connectivity index is 1.64. The lowest BCUT2D eigenvalue weighted by molar-refractivity contribution is -0.143. The minimum atomic E-state index is -4.68. The van der Waals surface area contributed by atoms with E-state index in [0.717, 1.165) is 10.9 Å². The van der Waals surface area contributed by atoms with E-state index >= 15 is 0 Å². The highest BCUT2D eigenvalue weighted by Crippen LogP contribution is 2.33. The molecule has 31 heavy (non-hydrogen) atoms. The van der Waals surface area contributed by atoms with Crippen molar-refractivity contribution in [2.24, 2.45) is 0 Å². The predicted molar refractivity (Wildman–Crippen MR) is 102 cm³/mol. The second-order valence-electron chi connectivity index (χ2n) is 6.54.